The van der Waals surface area contributed by atoms with Crippen molar-refractivity contribution in [3.8, 4) is 0 Å². The molecule has 0 bridgehead atoms. The third-order valence-electron chi connectivity index (χ3n) is 3.10. The Balaban J connectivity index is 2.19. The van der Waals surface area contributed by atoms with Crippen LogP contribution in [0.1, 0.15) is 58.8 Å². The van der Waals surface area contributed by atoms with Crippen LogP contribution in [-0.4, -0.2) is 21.8 Å². The van der Waals surface area contributed by atoms with E-state index < -0.39 is 10.8 Å². The minimum atomic E-state index is -0.592. The fourth-order valence-electron chi connectivity index (χ4n) is 2.16. The van der Waals surface area contributed by atoms with Gasteiger partial charge in [-0.15, -0.1) is 0 Å². The van der Waals surface area contributed by atoms with Crippen LogP contribution in [0, 0.1) is 0 Å². The first-order valence-corrected chi connectivity index (χ1v) is 8.20. The van der Waals surface area contributed by atoms with Gasteiger partial charge in [-0.2, -0.15) is 0 Å². The molecule has 0 N–H and O–H groups in total. The fraction of sp³-hybridized carbons (Fsp3) is 0.857. The molecule has 2 atom stereocenters. The Morgan fingerprint density at radius 3 is 2.82 bits per heavy atom. The summed E-state index contributed by atoms with van der Waals surface area (Å²) < 4.78 is 17.4. The first-order valence-electron chi connectivity index (χ1n) is 6.82. The fourth-order valence-corrected chi connectivity index (χ4v) is 3.84. The van der Waals surface area contributed by atoms with Crippen LogP contribution < -0.4 is 0 Å². The van der Waals surface area contributed by atoms with Crippen molar-refractivity contribution in [2.75, 3.05) is 12.4 Å². The Labute approximate surface area is 108 Å². The third kappa shape index (κ3) is 6.87. The van der Waals surface area contributed by atoms with E-state index in [9.17, 15) is 4.21 Å². The van der Waals surface area contributed by atoms with E-state index in [1.165, 1.54) is 24.8 Å². The van der Waals surface area contributed by atoms with Crippen molar-refractivity contribution in [3.05, 3.63) is 11.8 Å². The zero-order chi connectivity index (χ0) is 12.5. The first kappa shape index (κ1) is 14.7. The van der Waals surface area contributed by atoms with Gasteiger partial charge in [-0.05, 0) is 45.1 Å². The van der Waals surface area contributed by atoms with Crippen molar-refractivity contribution in [2.45, 2.75) is 64.0 Å². The smallest absolute Gasteiger partial charge is 0.0873 e. The predicted molar refractivity (Wildman–Crippen MR) is 74.5 cm³/mol. The summed E-state index contributed by atoms with van der Waals surface area (Å²) in [7, 11) is -0.592. The van der Waals surface area contributed by atoms with Crippen molar-refractivity contribution < 1.29 is 8.95 Å². The normalized spacial score (nSPS) is 25.8. The monoisotopic (exact) mass is 258 g/mol. The number of rotatable bonds is 5. The highest BCUT2D eigenvalue weighted by molar-refractivity contribution is 7.85. The second-order valence-electron chi connectivity index (χ2n) is 5.12. The van der Waals surface area contributed by atoms with Crippen molar-refractivity contribution in [1.29, 1.82) is 0 Å². The maximum Gasteiger partial charge on any atom is 0.0873 e. The molecule has 1 heterocycles. The largest absolute Gasteiger partial charge is 0.501 e. The zero-order valence-electron chi connectivity index (χ0n) is 11.2. The highest BCUT2D eigenvalue weighted by Crippen LogP contribution is 2.19. The Bertz CT molecular complexity index is 257. The van der Waals surface area contributed by atoms with Crippen LogP contribution in [0.4, 0.5) is 0 Å². The van der Waals surface area contributed by atoms with Gasteiger partial charge in [-0.25, -0.2) is 0 Å². The van der Waals surface area contributed by atoms with E-state index in [2.05, 4.69) is 0 Å². The Hall–Kier alpha value is -0.310. The molecule has 1 aliphatic rings. The van der Waals surface area contributed by atoms with Crippen LogP contribution in [-0.2, 0) is 15.5 Å². The molecule has 0 aromatic heterocycles. The molecule has 1 fully saturated rings. The first-order chi connectivity index (χ1) is 8.20. The molecule has 1 rings (SSSR count). The number of hydrogen-bond acceptors (Lipinski definition) is 2. The quantitative estimate of drug-likeness (QED) is 0.554. The summed E-state index contributed by atoms with van der Waals surface area (Å²) in [5.41, 5.74) is 1.19. The lowest BCUT2D eigenvalue weighted by Gasteiger charge is -2.19. The molecule has 17 heavy (non-hydrogen) atoms. The molecule has 2 nitrogen and oxygen atoms in total. The van der Waals surface area contributed by atoms with Crippen LogP contribution in [0.15, 0.2) is 11.8 Å². The third-order valence-corrected chi connectivity index (χ3v) is 5.01. The van der Waals surface area contributed by atoms with E-state index in [1.807, 2.05) is 20.1 Å². The van der Waals surface area contributed by atoms with Crippen LogP contribution in [0.2, 0.25) is 0 Å². The molecule has 2 unspecified atom stereocenters. The Morgan fingerprint density at radius 2 is 2.06 bits per heavy atom. The molecular weight excluding hydrogens is 232 g/mol. The molecule has 3 heteroatoms. The highest BCUT2D eigenvalue weighted by atomic mass is 32.2. The van der Waals surface area contributed by atoms with E-state index in [1.54, 1.807) is 0 Å². The van der Waals surface area contributed by atoms with Crippen LogP contribution in [0.3, 0.4) is 0 Å². The summed E-state index contributed by atoms with van der Waals surface area (Å²) in [6.45, 7) is 4.83. The van der Waals surface area contributed by atoms with Crippen molar-refractivity contribution in [2.24, 2.45) is 0 Å². The predicted octanol–water partition coefficient (Wildman–Crippen LogP) is 3.79. The van der Waals surface area contributed by atoms with E-state index in [0.29, 0.717) is 5.25 Å². The summed E-state index contributed by atoms with van der Waals surface area (Å²) in [5, 5.41) is 0.422. The summed E-state index contributed by atoms with van der Waals surface area (Å²) >= 11 is 0. The lowest BCUT2D eigenvalue weighted by Crippen LogP contribution is -2.20. The minimum absolute atomic E-state index is 0.422. The van der Waals surface area contributed by atoms with Gasteiger partial charge in [0.15, 0.2) is 0 Å². The van der Waals surface area contributed by atoms with Gasteiger partial charge in [-0.3, -0.25) is 4.21 Å². The number of hydrogen-bond donors (Lipinski definition) is 0. The van der Waals surface area contributed by atoms with Crippen LogP contribution in [0.5, 0.6) is 0 Å². The summed E-state index contributed by atoms with van der Waals surface area (Å²) in [6, 6.07) is 0. The van der Waals surface area contributed by atoms with Gasteiger partial charge in [0.05, 0.1) is 12.9 Å². The SMILES string of the molecule is CC(C)=COCCCC1CCCCCCS1=O. The number of allylic oxidation sites excluding steroid dienone is 1. The lowest BCUT2D eigenvalue weighted by atomic mass is 10.1. The molecule has 1 saturated heterocycles. The zero-order valence-corrected chi connectivity index (χ0v) is 12.1. The molecule has 1 aliphatic heterocycles. The van der Waals surface area contributed by atoms with Gasteiger partial charge < -0.3 is 4.74 Å². The van der Waals surface area contributed by atoms with E-state index in [0.717, 1.165) is 38.0 Å². The molecule has 100 valence electrons. The summed E-state index contributed by atoms with van der Waals surface area (Å²) in [5.74, 6) is 0.916. The van der Waals surface area contributed by atoms with Gasteiger partial charge in [0, 0.05) is 21.8 Å². The van der Waals surface area contributed by atoms with Gasteiger partial charge in [0.1, 0.15) is 0 Å². The summed E-state index contributed by atoms with van der Waals surface area (Å²) in [4.78, 5) is 0. The summed E-state index contributed by atoms with van der Waals surface area (Å²) in [6.07, 6.45) is 10.0. The molecule has 0 spiro atoms. The van der Waals surface area contributed by atoms with E-state index >= 15 is 0 Å². The van der Waals surface area contributed by atoms with Gasteiger partial charge in [-0.1, -0.05) is 19.3 Å². The lowest BCUT2D eigenvalue weighted by molar-refractivity contribution is 0.238. The van der Waals surface area contributed by atoms with Crippen LogP contribution in [0.25, 0.3) is 0 Å². The second kappa shape index (κ2) is 8.73. The van der Waals surface area contributed by atoms with Crippen LogP contribution >= 0.6 is 0 Å². The van der Waals surface area contributed by atoms with Gasteiger partial charge in [0.25, 0.3) is 0 Å². The van der Waals surface area contributed by atoms with Crippen molar-refractivity contribution in [1.82, 2.24) is 0 Å². The maximum absolute atomic E-state index is 12.0. The highest BCUT2D eigenvalue weighted by Gasteiger charge is 2.17. The molecule has 0 radical (unpaired) electrons. The molecule has 0 aromatic rings. The van der Waals surface area contributed by atoms with Gasteiger partial charge in [0.2, 0.25) is 0 Å². The van der Waals surface area contributed by atoms with Crippen molar-refractivity contribution in [3.63, 3.8) is 0 Å². The maximum atomic E-state index is 12.0. The van der Waals surface area contributed by atoms with Crippen molar-refractivity contribution >= 4 is 10.8 Å². The molecule has 0 aromatic carbocycles. The Kier molecular flexibility index (Phi) is 7.58. The average Bonchev–Trinajstić information content (AvgIpc) is 2.26. The van der Waals surface area contributed by atoms with E-state index in [4.69, 9.17) is 4.74 Å². The molecule has 0 saturated carbocycles. The number of ether oxygens (including phenoxy) is 1. The molecular formula is C14H26O2S. The Morgan fingerprint density at radius 1 is 1.29 bits per heavy atom. The van der Waals surface area contributed by atoms with E-state index in [-0.39, 0.29) is 0 Å². The molecule has 0 aliphatic carbocycles. The topological polar surface area (TPSA) is 26.3 Å². The molecule has 0 amide bonds. The second-order valence-corrected chi connectivity index (χ2v) is 6.95. The van der Waals surface area contributed by atoms with Gasteiger partial charge >= 0.3 is 0 Å². The standard InChI is InChI=1S/C14H26O2S/c1-13(2)12-16-10-7-9-14-8-5-3-4-6-11-17(14)15/h12,14H,3-11H2,1-2H3. The average molecular weight is 258 g/mol. The minimum Gasteiger partial charge on any atom is -0.501 e.